The minimum Gasteiger partial charge on any atom is -0.329 e. The molecule has 1 atom stereocenters. The molecule has 0 bridgehead atoms. The van der Waals surface area contributed by atoms with Crippen molar-refractivity contribution in [3.63, 3.8) is 0 Å². The van der Waals surface area contributed by atoms with E-state index in [1.165, 1.54) is 12.1 Å². The van der Waals surface area contributed by atoms with Crippen LogP contribution in [0.4, 0.5) is 8.78 Å². The van der Waals surface area contributed by atoms with Crippen molar-refractivity contribution in [1.82, 2.24) is 5.32 Å². The van der Waals surface area contributed by atoms with E-state index in [1.807, 2.05) is 0 Å². The van der Waals surface area contributed by atoms with Crippen molar-refractivity contribution in [3.8, 4) is 0 Å². The zero-order chi connectivity index (χ0) is 12.0. The number of hydrogen-bond donors (Lipinski definition) is 2. The lowest BCUT2D eigenvalue weighted by Gasteiger charge is -2.17. The summed E-state index contributed by atoms with van der Waals surface area (Å²) < 4.78 is 26.5. The average molecular weight is 226 g/mol. The Bertz CT molecular complexity index is 353. The maximum Gasteiger partial charge on any atom is 0.163 e. The Morgan fingerprint density at radius 2 is 2.19 bits per heavy atom. The van der Waals surface area contributed by atoms with Gasteiger partial charge in [-0.25, -0.2) is 8.78 Å². The standard InChI is InChI=1S/C12H16F2N2/c1-2-3-7-16-11(8-15)9-5-4-6-10(13)12(9)14/h2,4-6,11,16H,1,3,7-8,15H2. The second kappa shape index (κ2) is 6.35. The first-order chi connectivity index (χ1) is 7.70. The van der Waals surface area contributed by atoms with E-state index >= 15 is 0 Å². The van der Waals surface area contributed by atoms with Gasteiger partial charge in [-0.1, -0.05) is 18.2 Å². The number of hydrogen-bond acceptors (Lipinski definition) is 2. The van der Waals surface area contributed by atoms with Crippen molar-refractivity contribution in [2.75, 3.05) is 13.1 Å². The molecule has 0 radical (unpaired) electrons. The molecule has 0 amide bonds. The smallest absolute Gasteiger partial charge is 0.163 e. The predicted octanol–water partition coefficient (Wildman–Crippen LogP) is 2.13. The largest absolute Gasteiger partial charge is 0.329 e. The highest BCUT2D eigenvalue weighted by molar-refractivity contribution is 5.22. The van der Waals surface area contributed by atoms with Crippen LogP contribution in [0.1, 0.15) is 18.0 Å². The number of rotatable bonds is 6. The maximum absolute atomic E-state index is 13.5. The van der Waals surface area contributed by atoms with Gasteiger partial charge < -0.3 is 11.1 Å². The summed E-state index contributed by atoms with van der Waals surface area (Å²) >= 11 is 0. The fourth-order valence-electron chi connectivity index (χ4n) is 1.47. The van der Waals surface area contributed by atoms with Crippen LogP contribution in [0, 0.1) is 11.6 Å². The lowest BCUT2D eigenvalue weighted by Crippen LogP contribution is -2.29. The van der Waals surface area contributed by atoms with Gasteiger partial charge in [0.1, 0.15) is 0 Å². The second-order valence-corrected chi connectivity index (χ2v) is 3.46. The molecule has 1 unspecified atom stereocenters. The first-order valence-electron chi connectivity index (χ1n) is 5.19. The molecule has 0 saturated carbocycles. The number of nitrogens with one attached hydrogen (secondary N) is 1. The molecule has 88 valence electrons. The van der Waals surface area contributed by atoms with E-state index in [2.05, 4.69) is 11.9 Å². The van der Waals surface area contributed by atoms with Crippen LogP contribution in [0.15, 0.2) is 30.9 Å². The van der Waals surface area contributed by atoms with Gasteiger partial charge in [-0.3, -0.25) is 0 Å². The molecule has 2 nitrogen and oxygen atoms in total. The first-order valence-corrected chi connectivity index (χ1v) is 5.19. The topological polar surface area (TPSA) is 38.0 Å². The summed E-state index contributed by atoms with van der Waals surface area (Å²) in [4.78, 5) is 0. The van der Waals surface area contributed by atoms with E-state index in [0.29, 0.717) is 6.54 Å². The van der Waals surface area contributed by atoms with Gasteiger partial charge in [0.05, 0.1) is 0 Å². The van der Waals surface area contributed by atoms with Crippen LogP contribution in [0.3, 0.4) is 0 Å². The van der Waals surface area contributed by atoms with Gasteiger partial charge in [-0.2, -0.15) is 0 Å². The summed E-state index contributed by atoms with van der Waals surface area (Å²) in [6.07, 6.45) is 2.51. The van der Waals surface area contributed by atoms with E-state index in [1.54, 1.807) is 6.08 Å². The third kappa shape index (κ3) is 3.12. The van der Waals surface area contributed by atoms with Gasteiger partial charge in [-0.05, 0) is 19.0 Å². The monoisotopic (exact) mass is 226 g/mol. The van der Waals surface area contributed by atoms with E-state index < -0.39 is 11.6 Å². The van der Waals surface area contributed by atoms with Gasteiger partial charge >= 0.3 is 0 Å². The lowest BCUT2D eigenvalue weighted by molar-refractivity contribution is 0.465. The van der Waals surface area contributed by atoms with Crippen molar-refractivity contribution >= 4 is 0 Å². The molecule has 1 aromatic carbocycles. The summed E-state index contributed by atoms with van der Waals surface area (Å²) in [5.41, 5.74) is 5.80. The van der Waals surface area contributed by atoms with Crippen LogP contribution in [0.5, 0.6) is 0 Å². The first kappa shape index (κ1) is 12.8. The Morgan fingerprint density at radius 3 is 2.81 bits per heavy atom. The lowest BCUT2D eigenvalue weighted by atomic mass is 10.1. The molecular weight excluding hydrogens is 210 g/mol. The SMILES string of the molecule is C=CCCNC(CN)c1cccc(F)c1F. The molecule has 4 heteroatoms. The molecule has 0 aliphatic carbocycles. The molecular formula is C12H16F2N2. The number of halogens is 2. The highest BCUT2D eigenvalue weighted by Gasteiger charge is 2.15. The van der Waals surface area contributed by atoms with E-state index in [-0.39, 0.29) is 18.2 Å². The molecule has 0 spiro atoms. The van der Waals surface area contributed by atoms with Crippen molar-refractivity contribution in [1.29, 1.82) is 0 Å². The summed E-state index contributed by atoms with van der Waals surface area (Å²) in [7, 11) is 0. The van der Waals surface area contributed by atoms with E-state index in [4.69, 9.17) is 5.73 Å². The fraction of sp³-hybridized carbons (Fsp3) is 0.333. The van der Waals surface area contributed by atoms with Crippen LogP contribution in [0.25, 0.3) is 0 Å². The Labute approximate surface area is 94.2 Å². The Hall–Kier alpha value is -1.26. The third-order valence-corrected chi connectivity index (χ3v) is 2.33. The van der Waals surface area contributed by atoms with Crippen LogP contribution in [-0.2, 0) is 0 Å². The predicted molar refractivity (Wildman–Crippen MR) is 61.0 cm³/mol. The Balaban J connectivity index is 2.78. The molecule has 0 aliphatic heterocycles. The van der Waals surface area contributed by atoms with Crippen LogP contribution in [-0.4, -0.2) is 13.1 Å². The Kier molecular flexibility index (Phi) is 5.08. The van der Waals surface area contributed by atoms with Crippen LogP contribution >= 0.6 is 0 Å². The highest BCUT2D eigenvalue weighted by Crippen LogP contribution is 2.18. The molecule has 0 aliphatic rings. The van der Waals surface area contributed by atoms with E-state index in [0.717, 1.165) is 12.5 Å². The quantitative estimate of drug-likeness (QED) is 0.576. The minimum atomic E-state index is -0.846. The molecule has 0 aromatic heterocycles. The number of benzene rings is 1. The van der Waals surface area contributed by atoms with Crippen LogP contribution in [0.2, 0.25) is 0 Å². The maximum atomic E-state index is 13.5. The van der Waals surface area contributed by atoms with Crippen molar-refractivity contribution in [3.05, 3.63) is 48.1 Å². The zero-order valence-electron chi connectivity index (χ0n) is 9.05. The molecule has 1 aromatic rings. The van der Waals surface area contributed by atoms with Crippen molar-refractivity contribution < 1.29 is 8.78 Å². The second-order valence-electron chi connectivity index (χ2n) is 3.46. The molecule has 0 saturated heterocycles. The van der Waals surface area contributed by atoms with E-state index in [9.17, 15) is 8.78 Å². The normalized spacial score (nSPS) is 12.4. The van der Waals surface area contributed by atoms with Gasteiger partial charge in [0.2, 0.25) is 0 Å². The Morgan fingerprint density at radius 1 is 1.44 bits per heavy atom. The fourth-order valence-corrected chi connectivity index (χ4v) is 1.47. The van der Waals surface area contributed by atoms with Crippen molar-refractivity contribution in [2.45, 2.75) is 12.5 Å². The highest BCUT2D eigenvalue weighted by atomic mass is 19.2. The summed E-state index contributed by atoms with van der Waals surface area (Å²) in [5.74, 6) is -1.68. The van der Waals surface area contributed by atoms with Crippen molar-refractivity contribution in [2.24, 2.45) is 5.73 Å². The van der Waals surface area contributed by atoms with Gasteiger partial charge in [0, 0.05) is 18.2 Å². The summed E-state index contributed by atoms with van der Waals surface area (Å²) in [5, 5.41) is 3.05. The summed E-state index contributed by atoms with van der Waals surface area (Å²) in [6.45, 7) is 4.44. The third-order valence-electron chi connectivity index (χ3n) is 2.33. The van der Waals surface area contributed by atoms with Gasteiger partial charge in [0.15, 0.2) is 11.6 Å². The van der Waals surface area contributed by atoms with Gasteiger partial charge in [-0.15, -0.1) is 6.58 Å². The molecule has 0 fully saturated rings. The average Bonchev–Trinajstić information content (AvgIpc) is 2.29. The molecule has 16 heavy (non-hydrogen) atoms. The minimum absolute atomic E-state index is 0.220. The zero-order valence-corrected chi connectivity index (χ0v) is 9.05. The molecule has 0 heterocycles. The van der Waals surface area contributed by atoms with Crippen LogP contribution < -0.4 is 11.1 Å². The molecule has 1 rings (SSSR count). The van der Waals surface area contributed by atoms with Gasteiger partial charge in [0.25, 0.3) is 0 Å². The number of nitrogens with two attached hydrogens (primary N) is 1. The molecule has 3 N–H and O–H groups in total. The summed E-state index contributed by atoms with van der Waals surface area (Å²) in [6, 6.07) is 3.74.